The van der Waals surface area contributed by atoms with Gasteiger partial charge in [0.1, 0.15) is 17.5 Å². The summed E-state index contributed by atoms with van der Waals surface area (Å²) in [4.78, 5) is 14.5. The lowest BCUT2D eigenvalue weighted by atomic mass is 10.2. The molecule has 106 valence electrons. The van der Waals surface area contributed by atoms with Crippen LogP contribution in [0, 0.1) is 17.5 Å². The van der Waals surface area contributed by atoms with Crippen molar-refractivity contribution in [2.24, 2.45) is 5.73 Å². The van der Waals surface area contributed by atoms with Crippen LogP contribution in [0.15, 0.2) is 17.5 Å². The standard InChI is InChI=1S/C11H8F3N3O2S/c12-4-1-5(13)9(6(14)2-4)17-11-16-7(3-20-11)8(15)10(18)19/h1-3,8H,15H2,(H,16,17)(H,18,19). The van der Waals surface area contributed by atoms with Gasteiger partial charge in [0.25, 0.3) is 0 Å². The number of nitrogens with one attached hydrogen (secondary N) is 1. The summed E-state index contributed by atoms with van der Waals surface area (Å²) in [7, 11) is 0. The number of carbonyl (C=O) groups is 1. The molecule has 1 aromatic heterocycles. The van der Waals surface area contributed by atoms with Crippen molar-refractivity contribution in [3.8, 4) is 0 Å². The minimum Gasteiger partial charge on any atom is -0.480 e. The number of nitrogens with two attached hydrogens (primary N) is 1. The van der Waals surface area contributed by atoms with Gasteiger partial charge in [0.2, 0.25) is 0 Å². The molecule has 9 heteroatoms. The van der Waals surface area contributed by atoms with Crippen molar-refractivity contribution in [3.63, 3.8) is 0 Å². The van der Waals surface area contributed by atoms with Gasteiger partial charge in [0.05, 0.1) is 5.69 Å². The van der Waals surface area contributed by atoms with E-state index in [1.54, 1.807) is 0 Å². The summed E-state index contributed by atoms with van der Waals surface area (Å²) in [6.07, 6.45) is 0. The maximum absolute atomic E-state index is 13.4. The molecule has 0 amide bonds. The molecule has 0 bridgehead atoms. The number of anilines is 2. The molecule has 1 unspecified atom stereocenters. The number of carboxylic acids is 1. The molecule has 1 aromatic carbocycles. The predicted octanol–water partition coefficient (Wildman–Crippen LogP) is 2.39. The van der Waals surface area contributed by atoms with Crippen LogP contribution in [0.2, 0.25) is 0 Å². The number of aliphatic carboxylic acids is 1. The van der Waals surface area contributed by atoms with E-state index in [1.165, 1.54) is 5.38 Å². The Morgan fingerprint density at radius 1 is 1.35 bits per heavy atom. The summed E-state index contributed by atoms with van der Waals surface area (Å²) in [6, 6.07) is -0.295. The smallest absolute Gasteiger partial charge is 0.326 e. The van der Waals surface area contributed by atoms with Gasteiger partial charge in [0.15, 0.2) is 16.8 Å². The van der Waals surface area contributed by atoms with Crippen LogP contribution in [0.4, 0.5) is 24.0 Å². The highest BCUT2D eigenvalue weighted by Crippen LogP contribution is 2.27. The zero-order valence-electron chi connectivity index (χ0n) is 9.73. The lowest BCUT2D eigenvalue weighted by Crippen LogP contribution is -2.20. The third-order valence-corrected chi connectivity index (χ3v) is 3.12. The SMILES string of the molecule is NC(C(=O)O)c1csc(Nc2c(F)cc(F)cc2F)n1. The third kappa shape index (κ3) is 2.89. The minimum atomic E-state index is -1.33. The van der Waals surface area contributed by atoms with E-state index < -0.39 is 35.2 Å². The molecule has 0 saturated heterocycles. The normalized spacial score (nSPS) is 12.2. The van der Waals surface area contributed by atoms with E-state index in [9.17, 15) is 18.0 Å². The first-order valence-corrected chi connectivity index (χ1v) is 6.12. The molecule has 2 rings (SSSR count). The van der Waals surface area contributed by atoms with Gasteiger partial charge in [-0.25, -0.2) is 18.2 Å². The van der Waals surface area contributed by atoms with Gasteiger partial charge >= 0.3 is 5.97 Å². The molecule has 0 aliphatic heterocycles. The molecule has 5 nitrogen and oxygen atoms in total. The average molecular weight is 303 g/mol. The van der Waals surface area contributed by atoms with Crippen LogP contribution in [-0.2, 0) is 4.79 Å². The van der Waals surface area contributed by atoms with Crippen molar-refractivity contribution < 1.29 is 23.1 Å². The van der Waals surface area contributed by atoms with Crippen LogP contribution in [0.25, 0.3) is 0 Å². The first-order valence-electron chi connectivity index (χ1n) is 5.24. The van der Waals surface area contributed by atoms with E-state index in [0.717, 1.165) is 11.3 Å². The van der Waals surface area contributed by atoms with Crippen LogP contribution >= 0.6 is 11.3 Å². The molecule has 0 aliphatic rings. The fourth-order valence-electron chi connectivity index (χ4n) is 1.38. The molecular formula is C11H8F3N3O2S. The Morgan fingerprint density at radius 2 is 1.95 bits per heavy atom. The van der Waals surface area contributed by atoms with Crippen LogP contribution in [0.5, 0.6) is 0 Å². The van der Waals surface area contributed by atoms with Crippen molar-refractivity contribution in [3.05, 3.63) is 40.7 Å². The average Bonchev–Trinajstić information content (AvgIpc) is 2.81. The molecule has 0 fully saturated rings. The van der Waals surface area contributed by atoms with E-state index in [4.69, 9.17) is 10.8 Å². The zero-order valence-corrected chi connectivity index (χ0v) is 10.5. The Hall–Kier alpha value is -2.13. The number of carboxylic acid groups (broad SMARTS) is 1. The van der Waals surface area contributed by atoms with Crippen molar-refractivity contribution in [1.29, 1.82) is 0 Å². The summed E-state index contributed by atoms with van der Waals surface area (Å²) < 4.78 is 39.6. The molecule has 2 aromatic rings. The number of thiazole rings is 1. The number of aromatic nitrogens is 1. The van der Waals surface area contributed by atoms with Gasteiger partial charge in [-0.1, -0.05) is 0 Å². The van der Waals surface area contributed by atoms with E-state index in [2.05, 4.69) is 10.3 Å². The highest BCUT2D eigenvalue weighted by atomic mass is 32.1. The molecule has 4 N–H and O–H groups in total. The summed E-state index contributed by atoms with van der Waals surface area (Å²) in [6.45, 7) is 0. The summed E-state index contributed by atoms with van der Waals surface area (Å²) in [5, 5.41) is 12.4. The summed E-state index contributed by atoms with van der Waals surface area (Å²) in [5.41, 5.74) is 4.82. The fraction of sp³-hybridized carbons (Fsp3) is 0.0909. The number of rotatable bonds is 4. The Balaban J connectivity index is 2.25. The Labute approximate surface area is 114 Å². The van der Waals surface area contributed by atoms with E-state index in [0.29, 0.717) is 12.1 Å². The van der Waals surface area contributed by atoms with Crippen molar-refractivity contribution >= 4 is 28.1 Å². The first kappa shape index (κ1) is 14.3. The maximum atomic E-state index is 13.4. The Morgan fingerprint density at radius 3 is 2.50 bits per heavy atom. The number of hydrogen-bond donors (Lipinski definition) is 3. The molecule has 0 spiro atoms. The number of benzene rings is 1. The second-order valence-electron chi connectivity index (χ2n) is 3.76. The van der Waals surface area contributed by atoms with Crippen molar-refractivity contribution in [2.45, 2.75) is 6.04 Å². The monoisotopic (exact) mass is 303 g/mol. The topological polar surface area (TPSA) is 88.2 Å². The van der Waals surface area contributed by atoms with Gasteiger partial charge in [-0.15, -0.1) is 11.3 Å². The van der Waals surface area contributed by atoms with E-state index >= 15 is 0 Å². The van der Waals surface area contributed by atoms with Crippen LogP contribution < -0.4 is 11.1 Å². The predicted molar refractivity (Wildman–Crippen MR) is 66.3 cm³/mol. The van der Waals surface area contributed by atoms with Crippen LogP contribution in [0.3, 0.4) is 0 Å². The molecular weight excluding hydrogens is 295 g/mol. The zero-order chi connectivity index (χ0) is 14.9. The van der Waals surface area contributed by atoms with Crippen molar-refractivity contribution in [2.75, 3.05) is 5.32 Å². The lowest BCUT2D eigenvalue weighted by molar-refractivity contribution is -0.138. The quantitative estimate of drug-likeness (QED) is 0.807. The highest BCUT2D eigenvalue weighted by molar-refractivity contribution is 7.13. The summed E-state index contributed by atoms with van der Waals surface area (Å²) in [5.74, 6) is -4.57. The molecule has 1 heterocycles. The number of hydrogen-bond acceptors (Lipinski definition) is 5. The molecule has 0 radical (unpaired) electrons. The van der Waals surface area contributed by atoms with Crippen molar-refractivity contribution in [1.82, 2.24) is 4.98 Å². The summed E-state index contributed by atoms with van der Waals surface area (Å²) >= 11 is 0.919. The van der Waals surface area contributed by atoms with E-state index in [1.807, 2.05) is 0 Å². The lowest BCUT2D eigenvalue weighted by Gasteiger charge is -2.06. The third-order valence-electron chi connectivity index (χ3n) is 2.35. The van der Waals surface area contributed by atoms with Crippen LogP contribution in [0.1, 0.15) is 11.7 Å². The molecule has 0 aliphatic carbocycles. The molecule has 0 saturated carbocycles. The fourth-order valence-corrected chi connectivity index (χ4v) is 2.13. The largest absolute Gasteiger partial charge is 0.480 e. The maximum Gasteiger partial charge on any atom is 0.326 e. The Bertz CT molecular complexity index is 639. The number of nitrogens with zero attached hydrogens (tertiary/aromatic N) is 1. The van der Waals surface area contributed by atoms with Gasteiger partial charge in [-0.3, -0.25) is 4.79 Å². The second-order valence-corrected chi connectivity index (χ2v) is 4.62. The molecule has 1 atom stereocenters. The van der Waals surface area contributed by atoms with Gasteiger partial charge in [0, 0.05) is 17.5 Å². The Kier molecular flexibility index (Phi) is 3.91. The van der Waals surface area contributed by atoms with Gasteiger partial charge < -0.3 is 16.2 Å². The van der Waals surface area contributed by atoms with Gasteiger partial charge in [-0.2, -0.15) is 0 Å². The number of halogens is 3. The minimum absolute atomic E-state index is 0.0427. The molecule has 20 heavy (non-hydrogen) atoms. The van der Waals surface area contributed by atoms with Gasteiger partial charge in [-0.05, 0) is 0 Å². The second kappa shape index (κ2) is 5.47. The van der Waals surface area contributed by atoms with Crippen LogP contribution in [-0.4, -0.2) is 16.1 Å². The highest BCUT2D eigenvalue weighted by Gasteiger charge is 2.19. The van der Waals surface area contributed by atoms with E-state index in [-0.39, 0.29) is 10.8 Å². The first-order chi connectivity index (χ1) is 9.38.